The van der Waals surface area contributed by atoms with Gasteiger partial charge in [0.25, 0.3) is 0 Å². The average Bonchev–Trinajstić information content (AvgIpc) is 2.36. The van der Waals surface area contributed by atoms with Crippen molar-refractivity contribution in [3.05, 3.63) is 23.9 Å². The van der Waals surface area contributed by atoms with Gasteiger partial charge in [0.15, 0.2) is 0 Å². The molecule has 0 bridgehead atoms. The van der Waals surface area contributed by atoms with Gasteiger partial charge in [-0.3, -0.25) is 9.59 Å². The summed E-state index contributed by atoms with van der Waals surface area (Å²) in [5.41, 5.74) is 0.00694. The van der Waals surface area contributed by atoms with E-state index in [9.17, 15) is 14.4 Å². The van der Waals surface area contributed by atoms with Crippen LogP contribution >= 0.6 is 0 Å². The van der Waals surface area contributed by atoms with E-state index in [4.69, 9.17) is 10.2 Å². The molecule has 0 unspecified atom stereocenters. The van der Waals surface area contributed by atoms with Crippen molar-refractivity contribution in [2.75, 3.05) is 25.1 Å². The molecule has 8 heteroatoms. The first-order chi connectivity index (χ1) is 8.95. The molecule has 1 heterocycles. The lowest BCUT2D eigenvalue weighted by molar-refractivity contribution is -0.136. The van der Waals surface area contributed by atoms with E-state index in [1.54, 1.807) is 0 Å². The van der Waals surface area contributed by atoms with E-state index in [0.29, 0.717) is 0 Å². The number of ether oxygens (including phenoxy) is 1. The number of rotatable bonds is 6. The zero-order valence-corrected chi connectivity index (χ0v) is 10.1. The van der Waals surface area contributed by atoms with Crippen LogP contribution in [0.4, 0.5) is 5.82 Å². The lowest BCUT2D eigenvalue weighted by Crippen LogP contribution is -2.36. The largest absolute Gasteiger partial charge is 0.480 e. The third-order valence-corrected chi connectivity index (χ3v) is 2.14. The Labute approximate surface area is 108 Å². The van der Waals surface area contributed by atoms with Gasteiger partial charge in [-0.2, -0.15) is 0 Å². The fourth-order valence-corrected chi connectivity index (χ4v) is 1.45. The van der Waals surface area contributed by atoms with Crippen LogP contribution in [0.25, 0.3) is 0 Å². The van der Waals surface area contributed by atoms with Crippen molar-refractivity contribution in [3.8, 4) is 0 Å². The third-order valence-electron chi connectivity index (χ3n) is 2.14. The number of carboxylic acids is 2. The number of aromatic nitrogens is 1. The zero-order valence-electron chi connectivity index (χ0n) is 10.1. The molecular weight excluding hydrogens is 256 g/mol. The molecule has 0 spiro atoms. The Balaban J connectivity index is 3.17. The van der Waals surface area contributed by atoms with Crippen LogP contribution in [-0.4, -0.2) is 53.3 Å². The van der Waals surface area contributed by atoms with Crippen LogP contribution in [0.3, 0.4) is 0 Å². The summed E-state index contributed by atoms with van der Waals surface area (Å²) in [6.45, 7) is -1.18. The highest BCUT2D eigenvalue weighted by Crippen LogP contribution is 2.17. The molecule has 8 nitrogen and oxygen atoms in total. The second-order valence-corrected chi connectivity index (χ2v) is 3.51. The minimum atomic E-state index is -1.23. The van der Waals surface area contributed by atoms with Gasteiger partial charge in [-0.15, -0.1) is 0 Å². The van der Waals surface area contributed by atoms with Crippen molar-refractivity contribution >= 4 is 23.7 Å². The summed E-state index contributed by atoms with van der Waals surface area (Å²) in [4.78, 5) is 37.8. The molecule has 102 valence electrons. The van der Waals surface area contributed by atoms with Crippen molar-refractivity contribution in [2.45, 2.75) is 0 Å². The van der Waals surface area contributed by atoms with E-state index in [1.807, 2.05) is 0 Å². The molecular formula is C11H12N2O6. The quantitative estimate of drug-likeness (QED) is 0.684. The molecule has 0 aliphatic carbocycles. The Morgan fingerprint density at radius 2 is 1.84 bits per heavy atom. The van der Waals surface area contributed by atoms with E-state index >= 15 is 0 Å². The van der Waals surface area contributed by atoms with E-state index in [2.05, 4.69) is 9.72 Å². The minimum absolute atomic E-state index is 0.00694. The predicted molar refractivity (Wildman–Crippen MR) is 63.1 cm³/mol. The minimum Gasteiger partial charge on any atom is -0.480 e. The number of aliphatic carboxylic acids is 2. The number of anilines is 1. The van der Waals surface area contributed by atoms with Crippen LogP contribution in [0.1, 0.15) is 10.4 Å². The maximum Gasteiger partial charge on any atom is 0.341 e. The second-order valence-electron chi connectivity index (χ2n) is 3.51. The molecule has 0 radical (unpaired) electrons. The number of carboxylic acid groups (broad SMARTS) is 2. The Kier molecular flexibility index (Phi) is 4.81. The molecule has 0 saturated carbocycles. The third kappa shape index (κ3) is 3.95. The van der Waals surface area contributed by atoms with Crippen molar-refractivity contribution in [3.63, 3.8) is 0 Å². The first-order valence-corrected chi connectivity index (χ1v) is 5.17. The summed E-state index contributed by atoms with van der Waals surface area (Å²) in [6.07, 6.45) is 1.33. The number of nitrogens with zero attached hydrogens (tertiary/aromatic N) is 2. The average molecular weight is 268 g/mol. The first-order valence-electron chi connectivity index (χ1n) is 5.17. The molecule has 0 saturated heterocycles. The first kappa shape index (κ1) is 14.4. The highest BCUT2D eigenvalue weighted by Gasteiger charge is 2.22. The second kappa shape index (κ2) is 6.34. The molecule has 0 amide bonds. The van der Waals surface area contributed by atoms with E-state index in [1.165, 1.54) is 18.3 Å². The predicted octanol–water partition coefficient (Wildman–Crippen LogP) is -0.156. The Morgan fingerprint density at radius 3 is 2.32 bits per heavy atom. The van der Waals surface area contributed by atoms with E-state index < -0.39 is 31.0 Å². The highest BCUT2D eigenvalue weighted by molar-refractivity contribution is 5.95. The highest BCUT2D eigenvalue weighted by atomic mass is 16.5. The van der Waals surface area contributed by atoms with Crippen molar-refractivity contribution in [2.24, 2.45) is 0 Å². The van der Waals surface area contributed by atoms with Crippen LogP contribution in [0.5, 0.6) is 0 Å². The monoisotopic (exact) mass is 268 g/mol. The fourth-order valence-electron chi connectivity index (χ4n) is 1.45. The van der Waals surface area contributed by atoms with Gasteiger partial charge in [0, 0.05) is 6.20 Å². The Hall–Kier alpha value is -2.64. The molecule has 0 fully saturated rings. The summed E-state index contributed by atoms with van der Waals surface area (Å²) in [5.74, 6) is -3.23. The van der Waals surface area contributed by atoms with Crippen LogP contribution in [-0.2, 0) is 14.3 Å². The molecule has 19 heavy (non-hydrogen) atoms. The molecule has 1 aromatic rings. The maximum absolute atomic E-state index is 11.5. The van der Waals surface area contributed by atoms with Crippen molar-refractivity contribution in [1.82, 2.24) is 4.98 Å². The summed E-state index contributed by atoms with van der Waals surface area (Å²) >= 11 is 0. The zero-order chi connectivity index (χ0) is 14.4. The molecule has 0 aliphatic heterocycles. The van der Waals surface area contributed by atoms with Crippen LogP contribution in [0, 0.1) is 0 Å². The number of pyridine rings is 1. The van der Waals surface area contributed by atoms with Crippen LogP contribution < -0.4 is 4.90 Å². The van der Waals surface area contributed by atoms with Crippen LogP contribution in [0.2, 0.25) is 0 Å². The number of esters is 1. The van der Waals surface area contributed by atoms with Gasteiger partial charge in [-0.25, -0.2) is 9.78 Å². The van der Waals surface area contributed by atoms with Gasteiger partial charge in [-0.1, -0.05) is 0 Å². The van der Waals surface area contributed by atoms with Gasteiger partial charge >= 0.3 is 17.9 Å². The smallest absolute Gasteiger partial charge is 0.341 e. The molecule has 0 atom stereocenters. The van der Waals surface area contributed by atoms with Crippen molar-refractivity contribution < 1.29 is 29.3 Å². The molecule has 1 aromatic heterocycles. The Morgan fingerprint density at radius 1 is 1.26 bits per heavy atom. The number of hydrogen-bond donors (Lipinski definition) is 2. The van der Waals surface area contributed by atoms with Gasteiger partial charge in [0.1, 0.15) is 24.5 Å². The lowest BCUT2D eigenvalue weighted by atomic mass is 10.2. The maximum atomic E-state index is 11.5. The topological polar surface area (TPSA) is 117 Å². The summed E-state index contributed by atoms with van der Waals surface area (Å²) in [6, 6.07) is 2.85. The molecule has 1 rings (SSSR count). The molecule has 0 aromatic carbocycles. The standard InChI is InChI=1S/C11H12N2O6/c1-19-11(18)7-3-2-4-12-10(7)13(5-8(14)15)6-9(16)17/h2-4H,5-6H2,1H3,(H,14,15)(H,16,17). The summed E-state index contributed by atoms with van der Waals surface area (Å²) < 4.78 is 4.54. The van der Waals surface area contributed by atoms with E-state index in [-0.39, 0.29) is 11.4 Å². The number of carbonyl (C=O) groups is 3. The Bertz CT molecular complexity index is 486. The van der Waals surface area contributed by atoms with Gasteiger partial charge < -0.3 is 19.8 Å². The van der Waals surface area contributed by atoms with Gasteiger partial charge in [0.05, 0.1) is 7.11 Å². The number of methoxy groups -OCH3 is 1. The fraction of sp³-hybridized carbons (Fsp3) is 0.273. The SMILES string of the molecule is COC(=O)c1cccnc1N(CC(=O)O)CC(=O)O. The molecule has 2 N–H and O–H groups in total. The van der Waals surface area contributed by atoms with Gasteiger partial charge in [0.2, 0.25) is 0 Å². The summed E-state index contributed by atoms with van der Waals surface area (Å²) in [7, 11) is 1.16. The molecule has 0 aliphatic rings. The van der Waals surface area contributed by atoms with Gasteiger partial charge in [-0.05, 0) is 12.1 Å². The van der Waals surface area contributed by atoms with Crippen LogP contribution in [0.15, 0.2) is 18.3 Å². The number of carbonyl (C=O) groups excluding carboxylic acids is 1. The lowest BCUT2D eigenvalue weighted by Gasteiger charge is -2.21. The number of hydrogen-bond acceptors (Lipinski definition) is 6. The van der Waals surface area contributed by atoms with Crippen molar-refractivity contribution in [1.29, 1.82) is 0 Å². The normalized spacial score (nSPS) is 9.74. The summed E-state index contributed by atoms with van der Waals surface area (Å²) in [5, 5.41) is 17.5. The van der Waals surface area contributed by atoms with E-state index in [0.717, 1.165) is 12.0 Å².